The topological polar surface area (TPSA) is 71.4 Å². The van der Waals surface area contributed by atoms with Crippen LogP contribution in [0.25, 0.3) is 0 Å². The average molecular weight is 296 g/mol. The molecule has 6 heteroatoms. The van der Waals surface area contributed by atoms with Crippen molar-refractivity contribution in [2.24, 2.45) is 0 Å². The molecule has 20 heavy (non-hydrogen) atoms. The van der Waals surface area contributed by atoms with Crippen molar-refractivity contribution in [1.82, 2.24) is 0 Å². The van der Waals surface area contributed by atoms with Crippen molar-refractivity contribution in [1.29, 1.82) is 0 Å². The van der Waals surface area contributed by atoms with Gasteiger partial charge in [0.2, 0.25) is 0 Å². The Balaban J connectivity index is 0.00000147. The number of benzene rings is 2. The molecule has 0 radical (unpaired) electrons. The van der Waals surface area contributed by atoms with Gasteiger partial charge in [-0.15, -0.1) is 0 Å². The second-order valence-corrected chi connectivity index (χ2v) is 5.13. The third kappa shape index (κ3) is 2.32. The van der Waals surface area contributed by atoms with Crippen molar-refractivity contribution in [3.63, 3.8) is 0 Å². The van der Waals surface area contributed by atoms with E-state index >= 15 is 0 Å². The zero-order valence-electron chi connectivity index (χ0n) is 9.62. The van der Waals surface area contributed by atoms with Gasteiger partial charge in [0.25, 0.3) is 0 Å². The maximum atomic E-state index is 12.3. The van der Waals surface area contributed by atoms with Gasteiger partial charge < -0.3 is 4.55 Å². The van der Waals surface area contributed by atoms with Crippen LogP contribution in [0.2, 0.25) is 0 Å². The fourth-order valence-corrected chi connectivity index (χ4v) is 2.59. The number of hydrogen-bond acceptors (Lipinski definition) is 3. The summed E-state index contributed by atoms with van der Waals surface area (Å²) in [6, 6.07) is 10.7. The summed E-state index contributed by atoms with van der Waals surface area (Å²) in [6.07, 6.45) is 0. The van der Waals surface area contributed by atoms with Crippen molar-refractivity contribution in [2.45, 2.75) is 4.90 Å². The maximum absolute atomic E-state index is 12.3. The first-order chi connectivity index (χ1) is 9.09. The van der Waals surface area contributed by atoms with E-state index in [1.165, 1.54) is 18.2 Å². The molecule has 0 aliphatic heterocycles. The molecule has 0 bridgehead atoms. The standard InChI is InChI=1S/C14H8O4S.Na.H/c15-13-9-3-1-2-4-10(9)14(16)12-7-8(19(17)18)5-6-11(12)13;;/h1-7H,(H,17,18);;. The number of carbonyl (C=O) groups excluding carboxylic acids is 2. The summed E-state index contributed by atoms with van der Waals surface area (Å²) in [4.78, 5) is 24.7. The van der Waals surface area contributed by atoms with E-state index in [2.05, 4.69) is 0 Å². The molecule has 0 saturated carbocycles. The second-order valence-electron chi connectivity index (χ2n) is 4.16. The van der Waals surface area contributed by atoms with Crippen LogP contribution in [-0.2, 0) is 11.1 Å². The summed E-state index contributed by atoms with van der Waals surface area (Å²) in [7, 11) is 0. The van der Waals surface area contributed by atoms with E-state index in [-0.39, 0.29) is 57.1 Å². The van der Waals surface area contributed by atoms with Crippen molar-refractivity contribution in [3.8, 4) is 0 Å². The predicted molar refractivity (Wildman–Crippen MR) is 75.9 cm³/mol. The van der Waals surface area contributed by atoms with Gasteiger partial charge in [-0.2, -0.15) is 0 Å². The molecule has 0 saturated heterocycles. The normalized spacial score (nSPS) is 14.1. The summed E-state index contributed by atoms with van der Waals surface area (Å²) in [5.74, 6) is -0.530. The first-order valence-electron chi connectivity index (χ1n) is 5.53. The zero-order chi connectivity index (χ0) is 13.6. The summed E-state index contributed by atoms with van der Waals surface area (Å²) in [5, 5.41) is 0. The molecule has 0 fully saturated rings. The van der Waals surface area contributed by atoms with Gasteiger partial charge in [-0.3, -0.25) is 9.59 Å². The molecule has 0 aromatic heterocycles. The molecule has 4 nitrogen and oxygen atoms in total. The van der Waals surface area contributed by atoms with Crippen molar-refractivity contribution >= 4 is 52.2 Å². The fraction of sp³-hybridized carbons (Fsp3) is 0. The molecule has 0 amide bonds. The molecule has 0 heterocycles. The molecule has 1 atom stereocenters. The van der Waals surface area contributed by atoms with E-state index in [4.69, 9.17) is 4.55 Å². The summed E-state index contributed by atoms with van der Waals surface area (Å²) in [6.45, 7) is 0. The van der Waals surface area contributed by atoms with Crippen LogP contribution in [0.1, 0.15) is 31.8 Å². The summed E-state index contributed by atoms with van der Waals surface area (Å²) in [5.41, 5.74) is 1.17. The van der Waals surface area contributed by atoms with E-state index in [1.807, 2.05) is 0 Å². The Hall–Kier alpha value is -1.11. The van der Waals surface area contributed by atoms with Gasteiger partial charge in [-0.25, -0.2) is 4.21 Å². The van der Waals surface area contributed by atoms with Crippen molar-refractivity contribution < 1.29 is 18.4 Å². The number of hydrogen-bond donors (Lipinski definition) is 1. The van der Waals surface area contributed by atoms with E-state index in [9.17, 15) is 13.8 Å². The van der Waals surface area contributed by atoms with Gasteiger partial charge in [0.15, 0.2) is 22.6 Å². The molecule has 2 aromatic carbocycles. The fourth-order valence-electron chi connectivity index (χ4n) is 2.19. The summed E-state index contributed by atoms with van der Waals surface area (Å²) >= 11 is -2.17. The van der Waals surface area contributed by atoms with Crippen molar-refractivity contribution in [3.05, 3.63) is 64.7 Å². The van der Waals surface area contributed by atoms with Crippen LogP contribution in [0, 0.1) is 0 Å². The monoisotopic (exact) mass is 296 g/mol. The molecule has 1 unspecified atom stereocenters. The molecule has 2 aromatic rings. The molecular weight excluding hydrogens is 287 g/mol. The molecular formula is C14H9NaO4S. The minimum absolute atomic E-state index is 0. The van der Waals surface area contributed by atoms with Gasteiger partial charge in [-0.05, 0) is 18.2 Å². The molecule has 1 aliphatic carbocycles. The average Bonchev–Trinajstić information content (AvgIpc) is 2.44. The van der Waals surface area contributed by atoms with E-state index in [0.717, 1.165) is 0 Å². The third-order valence-electron chi connectivity index (χ3n) is 3.10. The molecule has 3 rings (SSSR count). The Bertz CT molecular complexity index is 755. The van der Waals surface area contributed by atoms with Crippen LogP contribution in [0.5, 0.6) is 0 Å². The Morgan fingerprint density at radius 2 is 1.30 bits per heavy atom. The quantitative estimate of drug-likeness (QED) is 0.544. The van der Waals surface area contributed by atoms with Crippen LogP contribution in [0.4, 0.5) is 0 Å². The van der Waals surface area contributed by atoms with E-state index < -0.39 is 11.1 Å². The second kappa shape index (κ2) is 5.71. The molecule has 0 spiro atoms. The zero-order valence-corrected chi connectivity index (χ0v) is 10.4. The number of carbonyl (C=O) groups is 2. The Labute approximate surface area is 139 Å². The van der Waals surface area contributed by atoms with Gasteiger partial charge in [0.05, 0.1) is 4.90 Å². The SMILES string of the molecule is O=C1c2ccccc2C(=O)c2cc(S(=O)O)ccc21.[NaH]. The first kappa shape index (κ1) is 15.3. The number of ketones is 2. The Morgan fingerprint density at radius 1 is 0.800 bits per heavy atom. The van der Waals surface area contributed by atoms with Crippen LogP contribution >= 0.6 is 0 Å². The van der Waals surface area contributed by atoms with Crippen LogP contribution in [-0.4, -0.2) is 49.9 Å². The molecule has 96 valence electrons. The van der Waals surface area contributed by atoms with Crippen molar-refractivity contribution in [2.75, 3.05) is 0 Å². The van der Waals surface area contributed by atoms with Gasteiger partial charge >= 0.3 is 29.6 Å². The van der Waals surface area contributed by atoms with E-state index in [1.54, 1.807) is 24.3 Å². The summed E-state index contributed by atoms with van der Waals surface area (Å²) < 4.78 is 20.1. The van der Waals surface area contributed by atoms with Crippen LogP contribution in [0.15, 0.2) is 47.4 Å². The first-order valence-corrected chi connectivity index (χ1v) is 6.63. The number of rotatable bonds is 1. The van der Waals surface area contributed by atoms with Gasteiger partial charge in [0.1, 0.15) is 0 Å². The van der Waals surface area contributed by atoms with Crippen LogP contribution < -0.4 is 0 Å². The van der Waals surface area contributed by atoms with Gasteiger partial charge in [-0.1, -0.05) is 24.3 Å². The third-order valence-corrected chi connectivity index (χ3v) is 3.76. The Morgan fingerprint density at radius 3 is 1.85 bits per heavy atom. The number of fused-ring (bicyclic) bond motifs is 2. The van der Waals surface area contributed by atoms with Crippen LogP contribution in [0.3, 0.4) is 0 Å². The Kier molecular flexibility index (Phi) is 4.36. The van der Waals surface area contributed by atoms with E-state index in [0.29, 0.717) is 11.1 Å². The molecule has 1 N–H and O–H groups in total. The minimum atomic E-state index is -2.17. The predicted octanol–water partition coefficient (Wildman–Crippen LogP) is 1.39. The molecule has 1 aliphatic rings. The van der Waals surface area contributed by atoms with Gasteiger partial charge in [0, 0.05) is 22.3 Å².